The predicted molar refractivity (Wildman–Crippen MR) is 90.5 cm³/mol. The van der Waals surface area contributed by atoms with Gasteiger partial charge in [-0.15, -0.1) is 0 Å². The van der Waals surface area contributed by atoms with Gasteiger partial charge >= 0.3 is 11.7 Å². The molecule has 1 aromatic heterocycles. The van der Waals surface area contributed by atoms with E-state index in [0.29, 0.717) is 17.1 Å². The highest BCUT2D eigenvalue weighted by atomic mass is 16.6. The second-order valence-corrected chi connectivity index (χ2v) is 5.03. The van der Waals surface area contributed by atoms with Crippen molar-refractivity contribution in [3.05, 3.63) is 70.5 Å². The lowest BCUT2D eigenvalue weighted by molar-refractivity contribution is -0.385. The summed E-state index contributed by atoms with van der Waals surface area (Å²) in [4.78, 5) is 22.4. The average molecular weight is 339 g/mol. The first-order valence-corrected chi connectivity index (χ1v) is 7.28. The van der Waals surface area contributed by atoms with E-state index >= 15 is 0 Å². The summed E-state index contributed by atoms with van der Waals surface area (Å²) in [7, 11) is 1.39. The zero-order valence-electron chi connectivity index (χ0n) is 13.2. The average Bonchev–Trinajstić information content (AvgIpc) is 3.03. The van der Waals surface area contributed by atoms with Gasteiger partial charge in [0.2, 0.25) is 5.75 Å². The van der Waals surface area contributed by atoms with Crippen LogP contribution in [0.4, 0.5) is 5.69 Å². The second-order valence-electron chi connectivity index (χ2n) is 5.03. The van der Waals surface area contributed by atoms with Crippen LogP contribution in [0.25, 0.3) is 17.0 Å². The first-order valence-electron chi connectivity index (χ1n) is 7.28. The Kier molecular flexibility index (Phi) is 4.47. The molecule has 3 aromatic rings. The summed E-state index contributed by atoms with van der Waals surface area (Å²) in [6, 6.07) is 13.2. The number of rotatable bonds is 5. The van der Waals surface area contributed by atoms with Crippen molar-refractivity contribution in [1.82, 2.24) is 0 Å². The molecule has 0 bridgehead atoms. The van der Waals surface area contributed by atoms with Crippen LogP contribution >= 0.6 is 0 Å². The molecule has 0 N–H and O–H groups in total. The number of nitro groups is 1. The van der Waals surface area contributed by atoms with Gasteiger partial charge in [-0.1, -0.05) is 18.2 Å². The van der Waals surface area contributed by atoms with Gasteiger partial charge in [0.15, 0.2) is 0 Å². The molecule has 1 heterocycles. The van der Waals surface area contributed by atoms with Crippen LogP contribution < -0.4 is 9.47 Å². The van der Waals surface area contributed by atoms with Crippen molar-refractivity contribution >= 4 is 28.7 Å². The number of para-hydroxylation sites is 1. The minimum atomic E-state index is -0.756. The molecular formula is C18H13NO6. The van der Waals surface area contributed by atoms with Crippen molar-refractivity contribution in [2.75, 3.05) is 7.11 Å². The maximum Gasteiger partial charge on any atom is 0.336 e. The molecule has 0 saturated carbocycles. The summed E-state index contributed by atoms with van der Waals surface area (Å²) in [6.07, 6.45) is 2.59. The van der Waals surface area contributed by atoms with Gasteiger partial charge in [0.25, 0.3) is 0 Å². The Labute approximate surface area is 142 Å². The Morgan fingerprint density at radius 3 is 2.72 bits per heavy atom. The maximum absolute atomic E-state index is 11.9. The molecule has 7 heteroatoms. The highest BCUT2D eigenvalue weighted by molar-refractivity contribution is 5.90. The number of methoxy groups -OCH3 is 1. The fourth-order valence-electron chi connectivity index (χ4n) is 2.23. The monoisotopic (exact) mass is 339 g/mol. The quantitative estimate of drug-likeness (QED) is 0.230. The van der Waals surface area contributed by atoms with Gasteiger partial charge in [-0.2, -0.15) is 0 Å². The summed E-state index contributed by atoms with van der Waals surface area (Å²) in [6.45, 7) is 0. The number of ether oxygens (including phenoxy) is 2. The van der Waals surface area contributed by atoms with Crippen molar-refractivity contribution in [2.24, 2.45) is 0 Å². The van der Waals surface area contributed by atoms with Crippen molar-refractivity contribution < 1.29 is 23.6 Å². The van der Waals surface area contributed by atoms with Crippen molar-refractivity contribution in [3.63, 3.8) is 0 Å². The third-order valence-electron chi connectivity index (χ3n) is 3.40. The van der Waals surface area contributed by atoms with Crippen molar-refractivity contribution in [3.8, 4) is 11.5 Å². The number of fused-ring (bicyclic) bond motifs is 1. The van der Waals surface area contributed by atoms with Gasteiger partial charge in [-0.3, -0.25) is 10.1 Å². The van der Waals surface area contributed by atoms with Crippen LogP contribution in [-0.4, -0.2) is 18.0 Å². The molecule has 25 heavy (non-hydrogen) atoms. The number of nitrogens with zero attached hydrogens (tertiary/aromatic N) is 1. The Morgan fingerprint density at radius 1 is 1.20 bits per heavy atom. The van der Waals surface area contributed by atoms with Crippen LogP contribution in [0.3, 0.4) is 0 Å². The predicted octanol–water partition coefficient (Wildman–Crippen LogP) is 3.97. The molecular weight excluding hydrogens is 326 g/mol. The highest BCUT2D eigenvalue weighted by Crippen LogP contribution is 2.31. The molecule has 0 aliphatic rings. The normalized spacial score (nSPS) is 10.9. The van der Waals surface area contributed by atoms with E-state index in [1.165, 1.54) is 31.4 Å². The fourth-order valence-corrected chi connectivity index (χ4v) is 2.23. The Hall–Kier alpha value is -3.61. The minimum Gasteiger partial charge on any atom is -0.496 e. The highest BCUT2D eigenvalue weighted by Gasteiger charge is 2.18. The van der Waals surface area contributed by atoms with E-state index in [4.69, 9.17) is 13.9 Å². The third kappa shape index (κ3) is 3.66. The van der Waals surface area contributed by atoms with Gasteiger partial charge in [0, 0.05) is 11.5 Å². The van der Waals surface area contributed by atoms with E-state index in [2.05, 4.69) is 0 Å². The van der Waals surface area contributed by atoms with Gasteiger partial charge < -0.3 is 13.9 Å². The number of furan rings is 1. The Balaban J connectivity index is 1.77. The molecule has 0 aliphatic heterocycles. The molecule has 0 unspecified atom stereocenters. The van der Waals surface area contributed by atoms with Crippen LogP contribution in [0.15, 0.2) is 59.0 Å². The van der Waals surface area contributed by atoms with Gasteiger partial charge in [0.05, 0.1) is 18.1 Å². The van der Waals surface area contributed by atoms with Gasteiger partial charge in [-0.05, 0) is 30.3 Å². The summed E-state index contributed by atoms with van der Waals surface area (Å²) < 4.78 is 15.5. The Morgan fingerprint density at radius 2 is 2.00 bits per heavy atom. The molecule has 2 aromatic carbocycles. The second kappa shape index (κ2) is 6.88. The van der Waals surface area contributed by atoms with E-state index in [1.54, 1.807) is 6.07 Å². The van der Waals surface area contributed by atoms with E-state index in [0.717, 1.165) is 11.5 Å². The lowest BCUT2D eigenvalue weighted by Gasteiger charge is -2.04. The zero-order chi connectivity index (χ0) is 17.8. The summed E-state index contributed by atoms with van der Waals surface area (Å²) in [5, 5.41) is 12.0. The van der Waals surface area contributed by atoms with E-state index in [9.17, 15) is 14.9 Å². The van der Waals surface area contributed by atoms with E-state index in [-0.39, 0.29) is 11.4 Å². The van der Waals surface area contributed by atoms with Crippen LogP contribution in [0, 0.1) is 10.1 Å². The Bertz CT molecular complexity index is 940. The SMILES string of the molecule is COc1ccc(OC(=O)/C=C/c2cc3ccccc3o2)c([N+](=O)[O-])c1. The smallest absolute Gasteiger partial charge is 0.336 e. The standard InChI is InChI=1S/C18H13NO6/c1-23-13-6-8-17(15(11-13)19(21)22)25-18(20)9-7-14-10-12-4-2-3-5-16(12)24-14/h2-11H,1H3/b9-7+. The molecule has 0 radical (unpaired) electrons. The van der Waals surface area contributed by atoms with Crippen LogP contribution in [0.1, 0.15) is 5.76 Å². The summed E-state index contributed by atoms with van der Waals surface area (Å²) in [5.74, 6) is -0.148. The minimum absolute atomic E-state index is 0.162. The number of carbonyl (C=O) groups excluding carboxylic acids is 1. The molecule has 0 fully saturated rings. The molecule has 0 saturated heterocycles. The van der Waals surface area contributed by atoms with E-state index < -0.39 is 10.9 Å². The van der Waals surface area contributed by atoms with Crippen molar-refractivity contribution in [2.45, 2.75) is 0 Å². The van der Waals surface area contributed by atoms with E-state index in [1.807, 2.05) is 24.3 Å². The number of esters is 1. The number of hydrogen-bond acceptors (Lipinski definition) is 6. The fraction of sp³-hybridized carbons (Fsp3) is 0.0556. The number of benzene rings is 2. The molecule has 0 atom stereocenters. The number of carbonyl (C=O) groups is 1. The van der Waals surface area contributed by atoms with Crippen LogP contribution in [0.5, 0.6) is 11.5 Å². The number of nitro benzene ring substituents is 1. The lowest BCUT2D eigenvalue weighted by Crippen LogP contribution is -2.06. The molecule has 7 nitrogen and oxygen atoms in total. The van der Waals surface area contributed by atoms with Crippen LogP contribution in [0.2, 0.25) is 0 Å². The van der Waals surface area contributed by atoms with Gasteiger partial charge in [-0.25, -0.2) is 4.79 Å². The molecule has 0 spiro atoms. The first kappa shape index (κ1) is 16.3. The zero-order valence-corrected chi connectivity index (χ0v) is 13.2. The largest absolute Gasteiger partial charge is 0.496 e. The molecule has 0 amide bonds. The number of hydrogen-bond donors (Lipinski definition) is 0. The lowest BCUT2D eigenvalue weighted by atomic mass is 10.2. The molecule has 3 rings (SSSR count). The topological polar surface area (TPSA) is 91.8 Å². The summed E-state index contributed by atoms with van der Waals surface area (Å²) >= 11 is 0. The van der Waals surface area contributed by atoms with Gasteiger partial charge in [0.1, 0.15) is 17.1 Å². The first-order chi connectivity index (χ1) is 12.1. The maximum atomic E-state index is 11.9. The molecule has 126 valence electrons. The third-order valence-corrected chi connectivity index (χ3v) is 3.40. The van der Waals surface area contributed by atoms with Crippen molar-refractivity contribution in [1.29, 1.82) is 0 Å². The van der Waals surface area contributed by atoms with Crippen LogP contribution in [-0.2, 0) is 4.79 Å². The summed E-state index contributed by atoms with van der Waals surface area (Å²) in [5.41, 5.74) is 0.339. The molecule has 0 aliphatic carbocycles.